The van der Waals surface area contributed by atoms with Crippen LogP contribution in [0.2, 0.25) is 0 Å². The topological polar surface area (TPSA) is 75.8 Å². The maximum atomic E-state index is 12.4. The van der Waals surface area contributed by atoms with Gasteiger partial charge in [-0.3, -0.25) is 0 Å². The molecule has 1 aromatic rings. The summed E-state index contributed by atoms with van der Waals surface area (Å²) >= 11 is 0. The summed E-state index contributed by atoms with van der Waals surface area (Å²) in [6, 6.07) is 9.35. The zero-order valence-corrected chi connectivity index (χ0v) is 15.5. The minimum absolute atomic E-state index is 0.168. The maximum absolute atomic E-state index is 12.4. The fourth-order valence-corrected chi connectivity index (χ4v) is 2.37. The first-order valence-corrected chi connectivity index (χ1v) is 8.54. The zero-order chi connectivity index (χ0) is 18.3. The van der Waals surface area contributed by atoms with Crippen LogP contribution in [0.15, 0.2) is 30.3 Å². The molecule has 0 spiro atoms. The molecule has 1 amide bonds. The fourth-order valence-electron chi connectivity index (χ4n) is 2.37. The number of nitrogens with zero attached hydrogens (tertiary/aromatic N) is 1. The van der Waals surface area contributed by atoms with Crippen molar-refractivity contribution >= 4 is 6.09 Å². The lowest BCUT2D eigenvalue weighted by Crippen LogP contribution is -2.48. The molecule has 3 N–H and O–H groups in total. The third-order valence-electron chi connectivity index (χ3n) is 3.45. The van der Waals surface area contributed by atoms with Gasteiger partial charge in [0.05, 0.1) is 12.6 Å². The van der Waals surface area contributed by atoms with Gasteiger partial charge in [-0.25, -0.2) is 4.79 Å². The molecule has 0 aliphatic rings. The Kier molecular flexibility index (Phi) is 7.70. The van der Waals surface area contributed by atoms with E-state index in [9.17, 15) is 9.90 Å². The van der Waals surface area contributed by atoms with Gasteiger partial charge >= 0.3 is 6.09 Å². The molecule has 0 fully saturated rings. The average molecular weight is 336 g/mol. The third-order valence-corrected chi connectivity index (χ3v) is 3.45. The molecule has 0 saturated carbocycles. The van der Waals surface area contributed by atoms with E-state index in [1.807, 2.05) is 65.0 Å². The predicted octanol–water partition coefficient (Wildman–Crippen LogP) is 2.81. The molecule has 1 rings (SSSR count). The Morgan fingerprint density at radius 1 is 1.21 bits per heavy atom. The van der Waals surface area contributed by atoms with Crippen molar-refractivity contribution in [3.05, 3.63) is 35.9 Å². The smallest absolute Gasteiger partial charge is 0.410 e. The number of carbonyl (C=O) groups is 1. The van der Waals surface area contributed by atoms with E-state index in [-0.39, 0.29) is 12.5 Å². The van der Waals surface area contributed by atoms with Crippen molar-refractivity contribution in [2.24, 2.45) is 11.7 Å². The first kappa shape index (κ1) is 20.5. The van der Waals surface area contributed by atoms with Crippen molar-refractivity contribution < 1.29 is 14.6 Å². The third kappa shape index (κ3) is 7.79. The summed E-state index contributed by atoms with van der Waals surface area (Å²) in [6.45, 7) is 10.2. The van der Waals surface area contributed by atoms with E-state index in [0.29, 0.717) is 13.0 Å². The largest absolute Gasteiger partial charge is 0.444 e. The molecule has 2 atom stereocenters. The molecule has 0 saturated heterocycles. The van der Waals surface area contributed by atoms with Crippen molar-refractivity contribution in [3.8, 4) is 0 Å². The number of hydrogen-bond donors (Lipinski definition) is 2. The molecule has 2 unspecified atom stereocenters. The number of nitrogens with two attached hydrogens (primary N) is 1. The Morgan fingerprint density at radius 2 is 1.79 bits per heavy atom. The minimum atomic E-state index is -0.809. The van der Waals surface area contributed by atoms with Gasteiger partial charge in [-0.15, -0.1) is 0 Å². The van der Waals surface area contributed by atoms with Gasteiger partial charge in [0.15, 0.2) is 0 Å². The number of ether oxygens (including phenoxy) is 1. The Bertz CT molecular complexity index is 497. The number of amides is 1. The minimum Gasteiger partial charge on any atom is -0.444 e. The maximum Gasteiger partial charge on any atom is 0.410 e. The van der Waals surface area contributed by atoms with Crippen molar-refractivity contribution in [2.75, 3.05) is 13.1 Å². The van der Waals surface area contributed by atoms with Crippen LogP contribution < -0.4 is 5.73 Å². The van der Waals surface area contributed by atoms with E-state index < -0.39 is 23.8 Å². The Labute approximate surface area is 145 Å². The molecule has 0 bridgehead atoms. The molecule has 136 valence electrons. The van der Waals surface area contributed by atoms with E-state index in [1.165, 1.54) is 0 Å². The lowest BCUT2D eigenvalue weighted by molar-refractivity contribution is 0.00943. The van der Waals surface area contributed by atoms with Gasteiger partial charge in [0.25, 0.3) is 0 Å². The van der Waals surface area contributed by atoms with Crippen LogP contribution in [0.4, 0.5) is 4.79 Å². The summed E-state index contributed by atoms with van der Waals surface area (Å²) in [5, 5.41) is 10.4. The van der Waals surface area contributed by atoms with Gasteiger partial charge in [0.1, 0.15) is 5.60 Å². The Hall–Kier alpha value is -1.59. The summed E-state index contributed by atoms with van der Waals surface area (Å²) in [5.74, 6) is 0.273. The zero-order valence-electron chi connectivity index (χ0n) is 15.5. The Morgan fingerprint density at radius 3 is 2.29 bits per heavy atom. The molecule has 0 radical (unpaired) electrons. The second-order valence-electron chi connectivity index (χ2n) is 7.70. The van der Waals surface area contributed by atoms with E-state index in [2.05, 4.69) is 0 Å². The van der Waals surface area contributed by atoms with Crippen molar-refractivity contribution in [2.45, 2.75) is 58.8 Å². The van der Waals surface area contributed by atoms with Crippen LogP contribution in [-0.4, -0.2) is 46.9 Å². The van der Waals surface area contributed by atoms with Gasteiger partial charge in [0.2, 0.25) is 0 Å². The lowest BCUT2D eigenvalue weighted by atomic mass is 10.0. The predicted molar refractivity (Wildman–Crippen MR) is 96.8 cm³/mol. The number of hydrogen-bond acceptors (Lipinski definition) is 4. The van der Waals surface area contributed by atoms with E-state index in [4.69, 9.17) is 10.5 Å². The summed E-state index contributed by atoms with van der Waals surface area (Å²) in [5.41, 5.74) is 6.63. The van der Waals surface area contributed by atoms with Crippen LogP contribution in [0.1, 0.15) is 40.2 Å². The van der Waals surface area contributed by atoms with Gasteiger partial charge in [0, 0.05) is 12.6 Å². The first-order valence-electron chi connectivity index (χ1n) is 8.54. The number of rotatable bonds is 7. The lowest BCUT2D eigenvalue weighted by Gasteiger charge is -2.31. The molecule has 0 aliphatic heterocycles. The summed E-state index contributed by atoms with van der Waals surface area (Å²) in [6.07, 6.45) is -0.662. The highest BCUT2D eigenvalue weighted by atomic mass is 16.6. The standard InChI is InChI=1S/C19H32N2O3/c1-14(2)12-21(18(23)24-19(3,4)5)13-17(22)16(20)11-15-9-7-6-8-10-15/h6-10,14,16-17,22H,11-13,20H2,1-5H3. The van der Waals surface area contributed by atoms with Gasteiger partial charge < -0.3 is 20.5 Å². The van der Waals surface area contributed by atoms with E-state index in [0.717, 1.165) is 5.56 Å². The number of benzene rings is 1. The highest BCUT2D eigenvalue weighted by molar-refractivity contribution is 5.68. The van der Waals surface area contributed by atoms with Crippen LogP contribution in [-0.2, 0) is 11.2 Å². The molecular formula is C19H32N2O3. The monoisotopic (exact) mass is 336 g/mol. The highest BCUT2D eigenvalue weighted by Gasteiger charge is 2.26. The van der Waals surface area contributed by atoms with Gasteiger partial charge in [-0.05, 0) is 38.7 Å². The highest BCUT2D eigenvalue weighted by Crippen LogP contribution is 2.13. The SMILES string of the molecule is CC(C)CN(CC(O)C(N)Cc1ccccc1)C(=O)OC(C)(C)C. The van der Waals surface area contributed by atoms with Gasteiger partial charge in [-0.1, -0.05) is 44.2 Å². The van der Waals surface area contributed by atoms with Crippen LogP contribution in [0.25, 0.3) is 0 Å². The number of aliphatic hydroxyl groups is 1. The molecule has 1 aromatic carbocycles. The summed E-state index contributed by atoms with van der Waals surface area (Å²) in [4.78, 5) is 13.9. The quantitative estimate of drug-likeness (QED) is 0.803. The normalized spacial score (nSPS) is 14.3. The summed E-state index contributed by atoms with van der Waals surface area (Å²) < 4.78 is 5.43. The van der Waals surface area contributed by atoms with Crippen LogP contribution >= 0.6 is 0 Å². The van der Waals surface area contributed by atoms with Crippen molar-refractivity contribution in [1.29, 1.82) is 0 Å². The number of carbonyl (C=O) groups excluding carboxylic acids is 1. The van der Waals surface area contributed by atoms with Crippen LogP contribution in [0, 0.1) is 5.92 Å². The molecule has 5 heteroatoms. The Balaban J connectivity index is 2.68. The second kappa shape index (κ2) is 9.04. The second-order valence-corrected chi connectivity index (χ2v) is 7.70. The van der Waals surface area contributed by atoms with Crippen LogP contribution in [0.3, 0.4) is 0 Å². The first-order chi connectivity index (χ1) is 11.1. The van der Waals surface area contributed by atoms with Gasteiger partial charge in [-0.2, -0.15) is 0 Å². The van der Waals surface area contributed by atoms with Crippen molar-refractivity contribution in [1.82, 2.24) is 4.90 Å². The van der Waals surface area contributed by atoms with Crippen LogP contribution in [0.5, 0.6) is 0 Å². The summed E-state index contributed by atoms with van der Waals surface area (Å²) in [7, 11) is 0. The molecule has 5 nitrogen and oxygen atoms in total. The molecule has 0 aromatic heterocycles. The van der Waals surface area contributed by atoms with Crippen molar-refractivity contribution in [3.63, 3.8) is 0 Å². The average Bonchev–Trinajstić information content (AvgIpc) is 2.45. The molecule has 0 heterocycles. The number of aliphatic hydroxyl groups excluding tert-OH is 1. The fraction of sp³-hybridized carbons (Fsp3) is 0.632. The van der Waals surface area contributed by atoms with E-state index in [1.54, 1.807) is 4.90 Å². The molecular weight excluding hydrogens is 304 g/mol. The molecule has 0 aliphatic carbocycles. The van der Waals surface area contributed by atoms with E-state index >= 15 is 0 Å². The molecule has 24 heavy (non-hydrogen) atoms.